The fourth-order valence-corrected chi connectivity index (χ4v) is 2.73. The average Bonchev–Trinajstić information content (AvgIpc) is 2.80. The van der Waals surface area contributed by atoms with Crippen LogP contribution in [-0.4, -0.2) is 20.7 Å². The lowest BCUT2D eigenvalue weighted by atomic mass is 10.0. The van der Waals surface area contributed by atoms with Crippen LogP contribution in [0.15, 0.2) is 61.0 Å². The number of hydrogen-bond donors (Lipinski definition) is 1. The largest absolute Gasteiger partial charge is 0.439 e. The second-order valence-electron chi connectivity index (χ2n) is 4.75. The first-order valence-electron chi connectivity index (χ1n) is 6.61. The molecule has 1 aliphatic heterocycles. The summed E-state index contributed by atoms with van der Waals surface area (Å²) in [6, 6.07) is 15.9. The van der Waals surface area contributed by atoms with Crippen molar-refractivity contribution >= 4 is 16.4 Å². The van der Waals surface area contributed by atoms with Crippen LogP contribution in [0.25, 0.3) is 11.1 Å². The van der Waals surface area contributed by atoms with E-state index in [0.29, 0.717) is 18.2 Å². The molecule has 0 bridgehead atoms. The van der Waals surface area contributed by atoms with Crippen molar-refractivity contribution < 1.29 is 13.2 Å². The van der Waals surface area contributed by atoms with E-state index < -0.39 is 10.7 Å². The van der Waals surface area contributed by atoms with Crippen LogP contribution in [0.1, 0.15) is 0 Å². The van der Waals surface area contributed by atoms with E-state index in [2.05, 4.69) is 6.58 Å². The summed E-state index contributed by atoms with van der Waals surface area (Å²) in [5.74, 6) is 1.25. The highest BCUT2D eigenvalue weighted by Gasteiger charge is 2.25. The molecule has 5 heteroatoms. The molecule has 0 N–H and O–H groups in total. The Hall–Kier alpha value is -2.27. The summed E-state index contributed by atoms with van der Waals surface area (Å²) in [6.45, 7) is 4.19. The zero-order valence-electron chi connectivity index (χ0n) is 11.4. The molecule has 1 aliphatic rings. The first kappa shape index (κ1) is 13.7. The van der Waals surface area contributed by atoms with Crippen molar-refractivity contribution in [1.29, 1.82) is 0 Å². The van der Waals surface area contributed by atoms with Crippen LogP contribution < -0.4 is 9.64 Å². The van der Waals surface area contributed by atoms with Crippen LogP contribution in [0.4, 0.5) is 5.69 Å². The van der Waals surface area contributed by atoms with Crippen molar-refractivity contribution in [2.45, 2.75) is 0 Å². The van der Waals surface area contributed by atoms with Gasteiger partial charge >= 0.3 is 0 Å². The van der Waals surface area contributed by atoms with E-state index in [4.69, 9.17) is 4.74 Å². The molecule has 0 aliphatic carbocycles. The molecule has 0 atom stereocenters. The van der Waals surface area contributed by atoms with Gasteiger partial charge in [0.05, 0.1) is 11.4 Å². The van der Waals surface area contributed by atoms with E-state index >= 15 is 0 Å². The van der Waals surface area contributed by atoms with Crippen molar-refractivity contribution in [2.75, 3.05) is 17.2 Å². The molecule has 0 saturated carbocycles. The Bertz CT molecular complexity index is 745. The molecule has 3 rings (SSSR count). The Morgan fingerprint density at radius 3 is 2.52 bits per heavy atom. The van der Waals surface area contributed by atoms with Gasteiger partial charge in [0, 0.05) is 6.54 Å². The van der Waals surface area contributed by atoms with Crippen LogP contribution in [0.2, 0.25) is 0 Å². The van der Waals surface area contributed by atoms with E-state index in [-0.39, 0.29) is 5.75 Å². The van der Waals surface area contributed by atoms with Gasteiger partial charge < -0.3 is 9.64 Å². The van der Waals surface area contributed by atoms with Crippen LogP contribution in [0, 0.1) is 0 Å². The molecule has 0 amide bonds. The summed E-state index contributed by atoms with van der Waals surface area (Å²) in [5.41, 5.74) is 3.02. The molecule has 0 fully saturated rings. The van der Waals surface area contributed by atoms with E-state index in [1.54, 1.807) is 4.90 Å². The minimum atomic E-state index is -2.41. The second-order valence-corrected chi connectivity index (χ2v) is 5.86. The zero-order chi connectivity index (χ0) is 14.8. The van der Waals surface area contributed by atoms with Crippen LogP contribution in [0.3, 0.4) is 0 Å². The van der Waals surface area contributed by atoms with Gasteiger partial charge in [0.25, 0.3) is 0 Å². The normalized spacial score (nSPS) is 13.4. The molecule has 0 saturated heterocycles. The molecule has 0 aromatic heterocycles. The summed E-state index contributed by atoms with van der Waals surface area (Å²) in [7, 11) is -2.41. The van der Waals surface area contributed by atoms with Gasteiger partial charge in [-0.05, 0) is 29.8 Å². The fourth-order valence-electron chi connectivity index (χ4n) is 2.37. The number of hydrogen-bond acceptors (Lipinski definition) is 4. The van der Waals surface area contributed by atoms with E-state index in [1.807, 2.05) is 48.5 Å². The summed E-state index contributed by atoms with van der Waals surface area (Å²) >= 11 is 0. The average molecular weight is 301 g/mol. The Kier molecular flexibility index (Phi) is 3.66. The molecular formula is C16H15NO3S. The van der Waals surface area contributed by atoms with Crippen molar-refractivity contribution in [3.63, 3.8) is 0 Å². The third-order valence-corrected chi connectivity index (χ3v) is 3.96. The number of fused-ring (bicyclic) bond motifs is 1. The van der Waals surface area contributed by atoms with Gasteiger partial charge in [-0.3, -0.25) is 0 Å². The molecule has 108 valence electrons. The number of anilines is 1. The number of ether oxygens (including phenoxy) is 1. The molecule has 2 aromatic rings. The SMILES string of the molecule is C=C1Oc2ccc(-c3ccccc3)cc2N1CC[SH](=O)=O. The Morgan fingerprint density at radius 1 is 1.05 bits per heavy atom. The van der Waals surface area contributed by atoms with Gasteiger partial charge in [-0.15, -0.1) is 0 Å². The monoisotopic (exact) mass is 301 g/mol. The highest BCUT2D eigenvalue weighted by Crippen LogP contribution is 2.40. The summed E-state index contributed by atoms with van der Waals surface area (Å²) in [6.07, 6.45) is 0. The van der Waals surface area contributed by atoms with Gasteiger partial charge in [-0.1, -0.05) is 36.4 Å². The number of thiol groups is 1. The summed E-state index contributed by atoms with van der Waals surface area (Å²) in [4.78, 5) is 1.80. The maximum absolute atomic E-state index is 10.8. The Balaban J connectivity index is 1.96. The maximum Gasteiger partial charge on any atom is 0.193 e. The van der Waals surface area contributed by atoms with Gasteiger partial charge in [0.15, 0.2) is 11.6 Å². The molecule has 0 radical (unpaired) electrons. The number of benzene rings is 2. The minimum Gasteiger partial charge on any atom is -0.439 e. The maximum atomic E-state index is 10.8. The standard InChI is InChI=1S/C16H15NO3S/c1-12-17(9-10-21(18)19)15-11-14(7-8-16(15)20-12)13-5-3-2-4-6-13/h2-8,11,21H,1,9-10H2. The summed E-state index contributed by atoms with van der Waals surface area (Å²) in [5, 5.41) is 0. The minimum absolute atomic E-state index is 0.0761. The molecule has 21 heavy (non-hydrogen) atoms. The lowest BCUT2D eigenvalue weighted by Crippen LogP contribution is -2.23. The quantitative estimate of drug-likeness (QED) is 0.882. The Labute approximate surface area is 125 Å². The molecule has 0 unspecified atom stereocenters. The molecule has 1 heterocycles. The molecule has 4 nitrogen and oxygen atoms in total. The number of nitrogens with zero attached hydrogens (tertiary/aromatic N) is 1. The Morgan fingerprint density at radius 2 is 1.81 bits per heavy atom. The lowest BCUT2D eigenvalue weighted by Gasteiger charge is -2.16. The van der Waals surface area contributed by atoms with Crippen LogP contribution in [-0.2, 0) is 10.7 Å². The van der Waals surface area contributed by atoms with Gasteiger partial charge in [-0.25, -0.2) is 8.42 Å². The fraction of sp³-hybridized carbons (Fsp3) is 0.125. The first-order valence-corrected chi connectivity index (χ1v) is 7.97. The van der Waals surface area contributed by atoms with E-state index in [0.717, 1.165) is 16.8 Å². The van der Waals surface area contributed by atoms with E-state index in [1.165, 1.54) is 0 Å². The predicted octanol–water partition coefficient (Wildman–Crippen LogP) is 2.64. The highest BCUT2D eigenvalue weighted by atomic mass is 32.2. The highest BCUT2D eigenvalue weighted by molar-refractivity contribution is 7.72. The third kappa shape index (κ3) is 2.78. The van der Waals surface area contributed by atoms with Crippen molar-refractivity contribution in [3.05, 3.63) is 61.0 Å². The molecule has 0 spiro atoms. The van der Waals surface area contributed by atoms with Gasteiger partial charge in [0.2, 0.25) is 0 Å². The topological polar surface area (TPSA) is 46.6 Å². The summed E-state index contributed by atoms with van der Waals surface area (Å²) < 4.78 is 27.2. The van der Waals surface area contributed by atoms with Crippen molar-refractivity contribution in [2.24, 2.45) is 0 Å². The van der Waals surface area contributed by atoms with Gasteiger partial charge in [0.1, 0.15) is 10.7 Å². The predicted molar refractivity (Wildman–Crippen MR) is 84.2 cm³/mol. The van der Waals surface area contributed by atoms with Gasteiger partial charge in [-0.2, -0.15) is 0 Å². The zero-order valence-corrected chi connectivity index (χ0v) is 12.3. The van der Waals surface area contributed by atoms with Crippen molar-refractivity contribution in [3.8, 4) is 16.9 Å². The number of rotatable bonds is 4. The van der Waals surface area contributed by atoms with E-state index in [9.17, 15) is 8.42 Å². The smallest absolute Gasteiger partial charge is 0.193 e. The van der Waals surface area contributed by atoms with Crippen molar-refractivity contribution in [1.82, 2.24) is 0 Å². The first-order chi connectivity index (χ1) is 10.1. The molecular weight excluding hydrogens is 286 g/mol. The second kappa shape index (κ2) is 5.61. The third-order valence-electron chi connectivity index (χ3n) is 3.39. The lowest BCUT2D eigenvalue weighted by molar-refractivity contribution is 0.443. The van der Waals surface area contributed by atoms with Crippen LogP contribution >= 0.6 is 0 Å². The molecule has 2 aromatic carbocycles. The van der Waals surface area contributed by atoms with Crippen LogP contribution in [0.5, 0.6) is 5.75 Å².